The molecule has 1 aliphatic carbocycles. The number of carbonyl (C=O) groups is 1. The second kappa shape index (κ2) is 5.34. The van der Waals surface area contributed by atoms with Crippen LogP contribution >= 0.6 is 0 Å². The van der Waals surface area contributed by atoms with Crippen LogP contribution in [-0.2, 0) is 16.3 Å². The van der Waals surface area contributed by atoms with E-state index in [1.54, 1.807) is 6.92 Å². The van der Waals surface area contributed by atoms with Crippen molar-refractivity contribution in [3.63, 3.8) is 0 Å². The Bertz CT molecular complexity index is 724. The average Bonchev–Trinajstić information content (AvgIpc) is 3.04. The summed E-state index contributed by atoms with van der Waals surface area (Å²) in [5.41, 5.74) is 3.40. The van der Waals surface area contributed by atoms with Gasteiger partial charge in [-0.1, -0.05) is 17.3 Å². The van der Waals surface area contributed by atoms with E-state index >= 15 is 0 Å². The number of hydrogen-bond acceptors (Lipinski definition) is 4. The maximum atomic E-state index is 11.3. The van der Waals surface area contributed by atoms with Crippen molar-refractivity contribution in [3.05, 3.63) is 35.2 Å². The Morgan fingerprint density at radius 3 is 2.82 bits per heavy atom. The SMILES string of the molecule is BC(B)(B)c1nc(-c2ccc3c(c2)CC[C@H]3NC(C)=O)no1. The first kappa shape index (κ1) is 14.9. The zero-order chi connectivity index (χ0) is 15.9. The summed E-state index contributed by atoms with van der Waals surface area (Å²) < 4.78 is 5.36. The van der Waals surface area contributed by atoms with Crippen molar-refractivity contribution < 1.29 is 9.32 Å². The molecule has 0 bridgehead atoms. The molecule has 1 aromatic heterocycles. The summed E-state index contributed by atoms with van der Waals surface area (Å²) in [4.78, 5) is 15.7. The molecule has 0 fully saturated rings. The number of carbonyl (C=O) groups excluding carboxylic acids is 1. The number of nitrogens with zero attached hydrogens (tertiary/aromatic N) is 2. The topological polar surface area (TPSA) is 68.0 Å². The van der Waals surface area contributed by atoms with Crippen LogP contribution < -0.4 is 5.32 Å². The van der Waals surface area contributed by atoms with Gasteiger partial charge in [0, 0.05) is 12.5 Å². The number of aryl methyl sites for hydroxylation is 1. The van der Waals surface area contributed by atoms with Crippen molar-refractivity contribution >= 4 is 29.4 Å². The largest absolute Gasteiger partial charge is 0.350 e. The molecule has 0 radical (unpaired) electrons. The zero-order valence-corrected chi connectivity index (χ0v) is 13.4. The first-order chi connectivity index (χ1) is 10.3. The first-order valence-corrected chi connectivity index (χ1v) is 7.59. The van der Waals surface area contributed by atoms with E-state index in [4.69, 9.17) is 4.52 Å². The van der Waals surface area contributed by atoms with E-state index in [-0.39, 0.29) is 17.1 Å². The van der Waals surface area contributed by atoms with Crippen LogP contribution in [0.2, 0.25) is 0 Å². The molecule has 1 aliphatic rings. The summed E-state index contributed by atoms with van der Waals surface area (Å²) in [6, 6.07) is 6.28. The number of nitrogens with one attached hydrogen (secondary N) is 1. The van der Waals surface area contributed by atoms with Crippen LogP contribution in [0.1, 0.15) is 36.4 Å². The second-order valence-electron chi connectivity index (χ2n) is 6.88. The minimum absolute atomic E-state index is 0.00918. The van der Waals surface area contributed by atoms with Crippen molar-refractivity contribution in [2.75, 3.05) is 0 Å². The second-order valence-corrected chi connectivity index (χ2v) is 6.88. The molecule has 1 amide bonds. The van der Waals surface area contributed by atoms with E-state index < -0.39 is 0 Å². The van der Waals surface area contributed by atoms with Gasteiger partial charge in [0.15, 0.2) is 0 Å². The smallest absolute Gasteiger partial charge is 0.217 e. The Hall–Kier alpha value is -1.98. The first-order valence-electron chi connectivity index (χ1n) is 7.59. The van der Waals surface area contributed by atoms with Gasteiger partial charge in [-0.05, 0) is 35.1 Å². The summed E-state index contributed by atoms with van der Waals surface area (Å²) in [6.07, 6.45) is 1.90. The minimum atomic E-state index is -0.154. The van der Waals surface area contributed by atoms with E-state index in [2.05, 4.69) is 27.6 Å². The molecule has 0 spiro atoms. The molecule has 22 heavy (non-hydrogen) atoms. The van der Waals surface area contributed by atoms with Gasteiger partial charge in [0.1, 0.15) is 23.5 Å². The highest BCUT2D eigenvalue weighted by Gasteiger charge is 2.25. The Morgan fingerprint density at radius 2 is 2.18 bits per heavy atom. The Morgan fingerprint density at radius 1 is 1.41 bits per heavy atom. The Labute approximate surface area is 132 Å². The van der Waals surface area contributed by atoms with E-state index in [1.807, 2.05) is 29.6 Å². The highest BCUT2D eigenvalue weighted by atomic mass is 16.5. The number of amides is 1. The molecular formula is C14H18B3N3O2. The Kier molecular flexibility index (Phi) is 3.63. The van der Waals surface area contributed by atoms with E-state index in [9.17, 15) is 4.79 Å². The van der Waals surface area contributed by atoms with Crippen LogP contribution in [0.15, 0.2) is 22.7 Å². The maximum absolute atomic E-state index is 11.3. The lowest BCUT2D eigenvalue weighted by Crippen LogP contribution is -2.27. The number of rotatable bonds is 3. The molecule has 1 aromatic carbocycles. The predicted octanol–water partition coefficient (Wildman–Crippen LogP) is -1.13. The van der Waals surface area contributed by atoms with Gasteiger partial charge in [0.05, 0.1) is 6.04 Å². The van der Waals surface area contributed by atoms with Gasteiger partial charge < -0.3 is 9.84 Å². The normalized spacial score (nSPS) is 17.2. The fourth-order valence-electron chi connectivity index (χ4n) is 2.80. The van der Waals surface area contributed by atoms with Crippen LogP contribution in [0.4, 0.5) is 0 Å². The maximum Gasteiger partial charge on any atom is 0.217 e. The summed E-state index contributed by atoms with van der Waals surface area (Å²) >= 11 is 0. The molecule has 8 heteroatoms. The highest BCUT2D eigenvalue weighted by molar-refractivity contribution is 6.58. The molecule has 0 aliphatic heterocycles. The van der Waals surface area contributed by atoms with Crippen molar-refractivity contribution in [1.29, 1.82) is 0 Å². The summed E-state index contributed by atoms with van der Waals surface area (Å²) in [5.74, 6) is 1.27. The molecular weight excluding hydrogens is 275 g/mol. The van der Waals surface area contributed by atoms with Crippen LogP contribution in [0.25, 0.3) is 11.4 Å². The molecule has 110 valence electrons. The van der Waals surface area contributed by atoms with Gasteiger partial charge in [-0.3, -0.25) is 4.79 Å². The molecule has 1 N–H and O–H groups in total. The third-order valence-electron chi connectivity index (χ3n) is 3.92. The number of hydrogen-bond donors (Lipinski definition) is 1. The minimum Gasteiger partial charge on any atom is -0.350 e. The fourth-order valence-corrected chi connectivity index (χ4v) is 2.80. The third-order valence-corrected chi connectivity index (χ3v) is 3.92. The quantitative estimate of drug-likeness (QED) is 0.727. The molecule has 5 nitrogen and oxygen atoms in total. The molecule has 0 saturated carbocycles. The monoisotopic (exact) mass is 293 g/mol. The predicted molar refractivity (Wildman–Crippen MR) is 91.9 cm³/mol. The number of fused-ring (bicyclic) bond motifs is 1. The van der Waals surface area contributed by atoms with E-state index in [0.717, 1.165) is 18.4 Å². The zero-order valence-electron chi connectivity index (χ0n) is 13.4. The molecule has 0 unspecified atom stereocenters. The molecule has 3 rings (SSSR count). The van der Waals surface area contributed by atoms with Crippen molar-refractivity contribution in [3.8, 4) is 11.4 Å². The molecule has 2 aromatic rings. The lowest BCUT2D eigenvalue weighted by molar-refractivity contribution is -0.119. The van der Waals surface area contributed by atoms with Gasteiger partial charge in [-0.25, -0.2) is 0 Å². The van der Waals surface area contributed by atoms with Crippen LogP contribution in [0.3, 0.4) is 0 Å². The fraction of sp³-hybridized carbons (Fsp3) is 0.357. The van der Waals surface area contributed by atoms with Crippen LogP contribution in [0, 0.1) is 0 Å². The number of benzene rings is 1. The van der Waals surface area contributed by atoms with E-state index in [1.165, 1.54) is 11.1 Å². The molecule has 0 saturated heterocycles. The van der Waals surface area contributed by atoms with Gasteiger partial charge >= 0.3 is 0 Å². The average molecular weight is 293 g/mol. The summed E-state index contributed by atoms with van der Waals surface area (Å²) in [7, 11) is 6.14. The number of aromatic nitrogens is 2. The van der Waals surface area contributed by atoms with Crippen molar-refractivity contribution in [2.45, 2.75) is 30.9 Å². The lowest BCUT2D eigenvalue weighted by atomic mass is 9.42. The summed E-state index contributed by atoms with van der Waals surface area (Å²) in [5, 5.41) is 6.93. The standard InChI is InChI=1S/C14H18B3N3O2/c1-7(21)18-11-5-3-8-6-9(2-4-10(8)11)12-19-13(22-20-12)14(15,16)17/h2,4,6,11H,3,5,15-17H2,1H3,(H,18,21)/t11-/m1/s1. The Balaban J connectivity index is 1.89. The van der Waals surface area contributed by atoms with E-state index in [0.29, 0.717) is 11.7 Å². The van der Waals surface area contributed by atoms with Gasteiger partial charge in [0.25, 0.3) is 0 Å². The molecule has 1 heterocycles. The highest BCUT2D eigenvalue weighted by Crippen LogP contribution is 2.33. The van der Waals surface area contributed by atoms with Crippen LogP contribution in [-0.4, -0.2) is 39.6 Å². The van der Waals surface area contributed by atoms with Crippen molar-refractivity contribution in [1.82, 2.24) is 15.5 Å². The van der Waals surface area contributed by atoms with Gasteiger partial charge in [-0.2, -0.15) is 4.98 Å². The van der Waals surface area contributed by atoms with Crippen molar-refractivity contribution in [2.24, 2.45) is 0 Å². The lowest BCUT2D eigenvalue weighted by Gasteiger charge is -2.12. The summed E-state index contributed by atoms with van der Waals surface area (Å²) in [6.45, 7) is 1.56. The van der Waals surface area contributed by atoms with Gasteiger partial charge in [-0.15, -0.1) is 0 Å². The third kappa shape index (κ3) is 2.82. The van der Waals surface area contributed by atoms with Gasteiger partial charge in [0.2, 0.25) is 17.6 Å². The van der Waals surface area contributed by atoms with Crippen LogP contribution in [0.5, 0.6) is 0 Å². The molecule has 1 atom stereocenters.